The molecular formula is C25H27NO3. The van der Waals surface area contributed by atoms with E-state index >= 15 is 0 Å². The van der Waals surface area contributed by atoms with Crippen molar-refractivity contribution >= 4 is 5.78 Å². The molecule has 29 heavy (non-hydrogen) atoms. The first kappa shape index (κ1) is 20.6. The predicted molar refractivity (Wildman–Crippen MR) is 117 cm³/mol. The van der Waals surface area contributed by atoms with Crippen LogP contribution in [0.5, 0.6) is 5.75 Å². The van der Waals surface area contributed by atoms with Crippen LogP contribution >= 0.6 is 0 Å². The molecule has 0 fully saturated rings. The molecule has 0 N–H and O–H groups in total. The Morgan fingerprint density at radius 1 is 0.966 bits per heavy atom. The summed E-state index contributed by atoms with van der Waals surface area (Å²) in [6, 6.07) is 19.2. The third-order valence-corrected chi connectivity index (χ3v) is 5.01. The maximum atomic E-state index is 13.1. The second-order valence-corrected chi connectivity index (χ2v) is 7.17. The van der Waals surface area contributed by atoms with E-state index in [2.05, 4.69) is 6.92 Å². The minimum Gasteiger partial charge on any atom is -0.497 e. The van der Waals surface area contributed by atoms with E-state index in [1.807, 2.05) is 60.8 Å². The van der Waals surface area contributed by atoms with E-state index < -0.39 is 0 Å². The Kier molecular flexibility index (Phi) is 7.01. The minimum atomic E-state index is -0.229. The molecule has 0 radical (unpaired) electrons. The van der Waals surface area contributed by atoms with Crippen LogP contribution in [0.2, 0.25) is 0 Å². The monoisotopic (exact) mass is 389 g/mol. The second-order valence-electron chi connectivity index (χ2n) is 7.17. The highest BCUT2D eigenvalue weighted by Gasteiger charge is 2.15. The molecule has 0 bridgehead atoms. The van der Waals surface area contributed by atoms with Crippen LogP contribution < -0.4 is 10.3 Å². The smallest absolute Gasteiger partial charge is 0.261 e. The summed E-state index contributed by atoms with van der Waals surface area (Å²) in [4.78, 5) is 25.8. The summed E-state index contributed by atoms with van der Waals surface area (Å²) in [6.07, 6.45) is 5.07. The molecule has 2 aromatic carbocycles. The maximum Gasteiger partial charge on any atom is 0.261 e. The highest BCUT2D eigenvalue weighted by atomic mass is 16.5. The molecule has 0 aliphatic carbocycles. The van der Waals surface area contributed by atoms with Crippen LogP contribution in [0.15, 0.2) is 71.7 Å². The number of Topliss-reactive ketones (excluding diaryl/α,β-unsaturated/α-hetero) is 1. The summed E-state index contributed by atoms with van der Waals surface area (Å²) in [5.74, 6) is 0.683. The molecule has 0 atom stereocenters. The number of rotatable bonds is 9. The zero-order valence-electron chi connectivity index (χ0n) is 17.1. The number of ketones is 1. The first-order chi connectivity index (χ1) is 14.1. The van der Waals surface area contributed by atoms with Crippen molar-refractivity contribution in [2.45, 2.75) is 39.2 Å². The summed E-state index contributed by atoms with van der Waals surface area (Å²) < 4.78 is 6.88. The molecule has 0 spiro atoms. The minimum absolute atomic E-state index is 0.0828. The Hall–Kier alpha value is -3.14. The van der Waals surface area contributed by atoms with Crippen molar-refractivity contribution in [1.82, 2.24) is 4.57 Å². The Morgan fingerprint density at radius 2 is 1.69 bits per heavy atom. The molecule has 4 heteroatoms. The number of hydrogen-bond acceptors (Lipinski definition) is 3. The number of aromatic nitrogens is 1. The zero-order chi connectivity index (χ0) is 20.6. The molecule has 0 aliphatic heterocycles. The molecule has 1 heterocycles. The Balaban J connectivity index is 2.02. The number of ether oxygens (including phenoxy) is 1. The van der Waals surface area contributed by atoms with Gasteiger partial charge in [-0.15, -0.1) is 0 Å². The van der Waals surface area contributed by atoms with Crippen molar-refractivity contribution in [2.24, 2.45) is 0 Å². The van der Waals surface area contributed by atoms with Gasteiger partial charge in [-0.1, -0.05) is 62.2 Å². The summed E-state index contributed by atoms with van der Waals surface area (Å²) in [6.45, 7) is 2.53. The van der Waals surface area contributed by atoms with Crippen molar-refractivity contribution < 1.29 is 9.53 Å². The quantitative estimate of drug-likeness (QED) is 0.367. The number of pyridine rings is 1. The summed E-state index contributed by atoms with van der Waals surface area (Å²) >= 11 is 0. The van der Waals surface area contributed by atoms with Gasteiger partial charge < -0.3 is 9.30 Å². The lowest BCUT2D eigenvalue weighted by Crippen LogP contribution is -2.26. The summed E-state index contributed by atoms with van der Waals surface area (Å²) in [5.41, 5.74) is 2.85. The van der Waals surface area contributed by atoms with E-state index in [1.165, 1.54) is 0 Å². The van der Waals surface area contributed by atoms with Crippen molar-refractivity contribution in [1.29, 1.82) is 0 Å². The largest absolute Gasteiger partial charge is 0.497 e. The molecule has 0 aliphatic rings. The number of benzene rings is 2. The molecule has 0 unspecified atom stereocenters. The van der Waals surface area contributed by atoms with Crippen LogP contribution in [-0.4, -0.2) is 17.5 Å². The Bertz CT molecular complexity index is 1000. The summed E-state index contributed by atoms with van der Waals surface area (Å²) in [7, 11) is 1.63. The standard InChI is InChI=1S/C25H27NO3/c1-3-4-6-11-24(27)23-16-21(20-12-14-22(29-2)15-13-20)18-26(25(23)28)17-19-9-7-5-8-10-19/h5,7-10,12-16,18H,3-4,6,11,17H2,1-2H3. The van der Waals surface area contributed by atoms with Gasteiger partial charge >= 0.3 is 0 Å². The molecule has 1 aromatic heterocycles. The third kappa shape index (κ3) is 5.23. The van der Waals surface area contributed by atoms with Gasteiger partial charge in [0, 0.05) is 12.6 Å². The van der Waals surface area contributed by atoms with Gasteiger partial charge in [0.2, 0.25) is 0 Å². The third-order valence-electron chi connectivity index (χ3n) is 5.01. The number of carbonyl (C=O) groups is 1. The topological polar surface area (TPSA) is 48.3 Å². The van der Waals surface area contributed by atoms with E-state index in [4.69, 9.17) is 4.74 Å². The lowest BCUT2D eigenvalue weighted by atomic mass is 10.0. The fourth-order valence-corrected chi connectivity index (χ4v) is 3.34. The van der Waals surface area contributed by atoms with Crippen molar-refractivity contribution in [2.75, 3.05) is 7.11 Å². The molecule has 150 valence electrons. The van der Waals surface area contributed by atoms with Gasteiger partial charge in [0.1, 0.15) is 5.75 Å². The van der Waals surface area contributed by atoms with Crippen LogP contribution in [-0.2, 0) is 6.54 Å². The van der Waals surface area contributed by atoms with Gasteiger partial charge in [-0.3, -0.25) is 9.59 Å². The van der Waals surface area contributed by atoms with E-state index in [-0.39, 0.29) is 16.9 Å². The van der Waals surface area contributed by atoms with Gasteiger partial charge in [0.15, 0.2) is 5.78 Å². The number of hydrogen-bond donors (Lipinski definition) is 0. The van der Waals surface area contributed by atoms with Crippen molar-refractivity contribution in [3.05, 3.63) is 88.3 Å². The van der Waals surface area contributed by atoms with E-state index in [9.17, 15) is 9.59 Å². The fourth-order valence-electron chi connectivity index (χ4n) is 3.34. The van der Waals surface area contributed by atoms with Gasteiger partial charge in [-0.25, -0.2) is 0 Å². The second kappa shape index (κ2) is 9.87. The molecular weight excluding hydrogens is 362 g/mol. The lowest BCUT2D eigenvalue weighted by molar-refractivity contribution is 0.0977. The molecule has 0 amide bonds. The Labute approximate surface area is 171 Å². The average molecular weight is 389 g/mol. The highest BCUT2D eigenvalue weighted by molar-refractivity contribution is 5.96. The first-order valence-corrected chi connectivity index (χ1v) is 10.1. The van der Waals surface area contributed by atoms with Crippen LogP contribution in [0.25, 0.3) is 11.1 Å². The number of unbranched alkanes of at least 4 members (excludes halogenated alkanes) is 2. The van der Waals surface area contributed by atoms with Crippen LogP contribution in [0.4, 0.5) is 0 Å². The van der Waals surface area contributed by atoms with Gasteiger partial charge in [0.25, 0.3) is 5.56 Å². The van der Waals surface area contributed by atoms with Gasteiger partial charge in [-0.2, -0.15) is 0 Å². The normalized spacial score (nSPS) is 10.7. The van der Waals surface area contributed by atoms with E-state index in [0.29, 0.717) is 13.0 Å². The van der Waals surface area contributed by atoms with Crippen LogP contribution in [0, 0.1) is 0 Å². The lowest BCUT2D eigenvalue weighted by Gasteiger charge is -2.12. The van der Waals surface area contributed by atoms with Crippen LogP contribution in [0.3, 0.4) is 0 Å². The van der Waals surface area contributed by atoms with Crippen molar-refractivity contribution in [3.63, 3.8) is 0 Å². The SMILES string of the molecule is CCCCCC(=O)c1cc(-c2ccc(OC)cc2)cn(Cc2ccccc2)c1=O. The fraction of sp³-hybridized carbons (Fsp3) is 0.280. The van der Waals surface area contributed by atoms with Gasteiger partial charge in [0.05, 0.1) is 19.2 Å². The summed E-state index contributed by atoms with van der Waals surface area (Å²) in [5, 5.41) is 0. The highest BCUT2D eigenvalue weighted by Crippen LogP contribution is 2.23. The molecule has 0 saturated heterocycles. The molecule has 0 saturated carbocycles. The molecule has 3 rings (SSSR count). The van der Waals surface area contributed by atoms with E-state index in [0.717, 1.165) is 41.7 Å². The number of nitrogens with zero attached hydrogens (tertiary/aromatic N) is 1. The van der Waals surface area contributed by atoms with Crippen molar-refractivity contribution in [3.8, 4) is 16.9 Å². The van der Waals surface area contributed by atoms with Crippen LogP contribution in [0.1, 0.15) is 48.5 Å². The molecule has 4 nitrogen and oxygen atoms in total. The van der Waals surface area contributed by atoms with E-state index in [1.54, 1.807) is 17.7 Å². The maximum absolute atomic E-state index is 13.1. The number of carbonyl (C=O) groups excluding carboxylic acids is 1. The average Bonchev–Trinajstić information content (AvgIpc) is 2.76. The molecule has 3 aromatic rings. The zero-order valence-corrected chi connectivity index (χ0v) is 17.1. The predicted octanol–water partition coefficient (Wildman–Crippen LogP) is 5.34. The first-order valence-electron chi connectivity index (χ1n) is 10.1. The number of methoxy groups -OCH3 is 1. The van der Waals surface area contributed by atoms with Gasteiger partial charge in [-0.05, 0) is 41.3 Å². The Morgan fingerprint density at radius 3 is 2.34 bits per heavy atom.